The van der Waals surface area contributed by atoms with Gasteiger partial charge in [0.25, 0.3) is 0 Å². The van der Waals surface area contributed by atoms with Crippen molar-refractivity contribution in [1.82, 2.24) is 14.7 Å². The first kappa shape index (κ1) is 20.6. The number of rotatable bonds is 6. The number of carbonyl (C=O) groups excluding carboxylic acids is 2. The van der Waals surface area contributed by atoms with Crippen molar-refractivity contribution in [1.29, 1.82) is 0 Å². The van der Waals surface area contributed by atoms with Crippen LogP contribution in [0.15, 0.2) is 24.3 Å². The highest BCUT2D eigenvalue weighted by Gasteiger charge is 2.40. The highest BCUT2D eigenvalue weighted by Crippen LogP contribution is 2.28. The van der Waals surface area contributed by atoms with Crippen molar-refractivity contribution < 1.29 is 14.3 Å². The first-order valence-electron chi connectivity index (χ1n) is 10.4. The summed E-state index contributed by atoms with van der Waals surface area (Å²) >= 11 is 0. The summed E-state index contributed by atoms with van der Waals surface area (Å²) in [5.74, 6) is 1.25. The van der Waals surface area contributed by atoms with E-state index in [0.29, 0.717) is 19.7 Å². The fourth-order valence-corrected chi connectivity index (χ4v) is 4.04. The normalized spacial score (nSPS) is 19.8. The van der Waals surface area contributed by atoms with E-state index in [-0.39, 0.29) is 29.7 Å². The molecule has 0 unspecified atom stereocenters. The molecule has 3 rings (SSSR count). The number of amides is 2. The van der Waals surface area contributed by atoms with Crippen molar-refractivity contribution in [3.05, 3.63) is 29.8 Å². The smallest absolute Gasteiger partial charge is 0.229 e. The fraction of sp³-hybridized carbons (Fsp3) is 0.636. The van der Waals surface area contributed by atoms with Gasteiger partial charge in [-0.05, 0) is 64.5 Å². The first-order valence-corrected chi connectivity index (χ1v) is 10.4. The van der Waals surface area contributed by atoms with Crippen molar-refractivity contribution in [2.24, 2.45) is 11.8 Å². The summed E-state index contributed by atoms with van der Waals surface area (Å²) < 4.78 is 5.48. The Kier molecular flexibility index (Phi) is 6.60. The predicted molar refractivity (Wildman–Crippen MR) is 109 cm³/mol. The number of likely N-dealkylation sites (tertiary alicyclic amines) is 2. The SMILES string of the molecule is CCOc1ccc([C@H](C)N(C)C(=O)C2CN(C(=O)C3CCN(C)CC3)C2)cc1. The van der Waals surface area contributed by atoms with E-state index < -0.39 is 0 Å². The minimum Gasteiger partial charge on any atom is -0.494 e. The number of piperidine rings is 1. The summed E-state index contributed by atoms with van der Waals surface area (Å²) in [4.78, 5) is 31.4. The summed E-state index contributed by atoms with van der Waals surface area (Å²) in [6.45, 7) is 7.72. The second-order valence-electron chi connectivity index (χ2n) is 8.14. The number of ether oxygens (including phenoxy) is 1. The van der Waals surface area contributed by atoms with Gasteiger partial charge in [0.15, 0.2) is 0 Å². The maximum atomic E-state index is 12.9. The largest absolute Gasteiger partial charge is 0.494 e. The third kappa shape index (κ3) is 4.49. The van der Waals surface area contributed by atoms with Crippen molar-refractivity contribution >= 4 is 11.8 Å². The van der Waals surface area contributed by atoms with Crippen LogP contribution in [0, 0.1) is 11.8 Å². The van der Waals surface area contributed by atoms with Crippen LogP contribution in [0.25, 0.3) is 0 Å². The molecule has 2 aliphatic heterocycles. The van der Waals surface area contributed by atoms with Gasteiger partial charge >= 0.3 is 0 Å². The summed E-state index contributed by atoms with van der Waals surface area (Å²) in [6, 6.07) is 7.89. The number of benzene rings is 1. The molecule has 1 aromatic rings. The zero-order valence-electron chi connectivity index (χ0n) is 17.6. The predicted octanol–water partition coefficient (Wildman–Crippen LogP) is 2.40. The third-order valence-electron chi connectivity index (χ3n) is 6.21. The van der Waals surface area contributed by atoms with Crippen LogP contribution < -0.4 is 4.74 Å². The quantitative estimate of drug-likeness (QED) is 0.752. The molecule has 6 heteroatoms. The van der Waals surface area contributed by atoms with Gasteiger partial charge < -0.3 is 19.4 Å². The molecule has 154 valence electrons. The van der Waals surface area contributed by atoms with Crippen LogP contribution in [0.2, 0.25) is 0 Å². The Bertz CT molecular complexity index is 677. The molecule has 2 amide bonds. The van der Waals surface area contributed by atoms with Crippen LogP contribution >= 0.6 is 0 Å². The minimum atomic E-state index is -0.0784. The van der Waals surface area contributed by atoms with Crippen molar-refractivity contribution in [2.75, 3.05) is 46.9 Å². The van der Waals surface area contributed by atoms with E-state index in [2.05, 4.69) is 11.9 Å². The Morgan fingerprint density at radius 1 is 1.14 bits per heavy atom. The molecule has 0 saturated carbocycles. The number of carbonyl (C=O) groups is 2. The second kappa shape index (κ2) is 8.95. The number of hydrogen-bond acceptors (Lipinski definition) is 4. The molecule has 0 radical (unpaired) electrons. The topological polar surface area (TPSA) is 53.1 Å². The molecule has 1 atom stereocenters. The Morgan fingerprint density at radius 2 is 1.75 bits per heavy atom. The lowest BCUT2D eigenvalue weighted by molar-refractivity contribution is -0.152. The van der Waals surface area contributed by atoms with Crippen LogP contribution in [0.4, 0.5) is 0 Å². The lowest BCUT2D eigenvalue weighted by Gasteiger charge is -2.43. The third-order valence-corrected chi connectivity index (χ3v) is 6.21. The number of nitrogens with zero attached hydrogens (tertiary/aromatic N) is 3. The second-order valence-corrected chi connectivity index (χ2v) is 8.14. The van der Waals surface area contributed by atoms with Crippen LogP contribution in [-0.2, 0) is 9.59 Å². The molecule has 0 N–H and O–H groups in total. The van der Waals surface area contributed by atoms with Gasteiger partial charge in [0.1, 0.15) is 5.75 Å². The van der Waals surface area contributed by atoms with Gasteiger partial charge in [0, 0.05) is 26.1 Å². The van der Waals surface area contributed by atoms with E-state index in [9.17, 15) is 9.59 Å². The first-order chi connectivity index (χ1) is 13.4. The van der Waals surface area contributed by atoms with E-state index in [0.717, 1.165) is 37.2 Å². The Balaban J connectivity index is 1.50. The van der Waals surface area contributed by atoms with Crippen LogP contribution in [0.3, 0.4) is 0 Å². The van der Waals surface area contributed by atoms with E-state index >= 15 is 0 Å². The van der Waals surface area contributed by atoms with Crippen LogP contribution in [0.5, 0.6) is 5.75 Å². The van der Waals surface area contributed by atoms with Gasteiger partial charge in [-0.2, -0.15) is 0 Å². The molecule has 2 aliphatic rings. The molecule has 2 saturated heterocycles. The minimum absolute atomic E-state index is 0.0122. The molecule has 1 aromatic carbocycles. The molecular formula is C22H33N3O3. The summed E-state index contributed by atoms with van der Waals surface area (Å²) in [5, 5.41) is 0. The monoisotopic (exact) mass is 387 g/mol. The van der Waals surface area contributed by atoms with E-state index in [1.807, 2.05) is 50.1 Å². The Hall–Kier alpha value is -2.08. The van der Waals surface area contributed by atoms with E-state index in [1.165, 1.54) is 0 Å². The van der Waals surface area contributed by atoms with Crippen molar-refractivity contribution in [2.45, 2.75) is 32.7 Å². The van der Waals surface area contributed by atoms with Crippen LogP contribution in [-0.4, -0.2) is 73.4 Å². The Labute approximate surface area is 168 Å². The lowest BCUT2D eigenvalue weighted by atomic mass is 9.91. The molecular weight excluding hydrogens is 354 g/mol. The van der Waals surface area contributed by atoms with Gasteiger partial charge in [-0.25, -0.2) is 0 Å². The van der Waals surface area contributed by atoms with E-state index in [1.54, 1.807) is 4.90 Å². The molecule has 2 fully saturated rings. The maximum absolute atomic E-state index is 12.9. The molecule has 2 heterocycles. The van der Waals surface area contributed by atoms with Crippen LogP contribution in [0.1, 0.15) is 38.3 Å². The lowest BCUT2D eigenvalue weighted by Crippen LogP contribution is -2.58. The molecule has 0 aromatic heterocycles. The summed E-state index contributed by atoms with van der Waals surface area (Å²) in [7, 11) is 3.95. The van der Waals surface area contributed by atoms with Crippen molar-refractivity contribution in [3.8, 4) is 5.75 Å². The van der Waals surface area contributed by atoms with Gasteiger partial charge in [-0.1, -0.05) is 12.1 Å². The highest BCUT2D eigenvalue weighted by molar-refractivity contribution is 5.85. The molecule has 0 spiro atoms. The molecule has 28 heavy (non-hydrogen) atoms. The number of hydrogen-bond donors (Lipinski definition) is 0. The van der Waals surface area contributed by atoms with Gasteiger partial charge in [0.05, 0.1) is 18.6 Å². The zero-order valence-corrected chi connectivity index (χ0v) is 17.6. The zero-order chi connectivity index (χ0) is 20.3. The fourth-order valence-electron chi connectivity index (χ4n) is 4.04. The molecule has 6 nitrogen and oxygen atoms in total. The van der Waals surface area contributed by atoms with Gasteiger partial charge in [-0.3, -0.25) is 9.59 Å². The average molecular weight is 388 g/mol. The van der Waals surface area contributed by atoms with E-state index in [4.69, 9.17) is 4.74 Å². The Morgan fingerprint density at radius 3 is 2.32 bits per heavy atom. The standard InChI is InChI=1S/C22H33N3O3/c1-5-28-20-8-6-17(7-9-20)16(2)24(4)21(26)19-14-25(15-19)22(27)18-10-12-23(3)13-11-18/h6-9,16,18-19H,5,10-15H2,1-4H3/t16-/m0/s1. The maximum Gasteiger partial charge on any atom is 0.229 e. The summed E-state index contributed by atoms with van der Waals surface area (Å²) in [5.41, 5.74) is 1.08. The van der Waals surface area contributed by atoms with Gasteiger partial charge in [-0.15, -0.1) is 0 Å². The summed E-state index contributed by atoms with van der Waals surface area (Å²) in [6.07, 6.45) is 1.86. The molecule has 0 aliphatic carbocycles. The average Bonchev–Trinajstić information content (AvgIpc) is 2.67. The van der Waals surface area contributed by atoms with Gasteiger partial charge in [0.2, 0.25) is 11.8 Å². The van der Waals surface area contributed by atoms with Crippen molar-refractivity contribution in [3.63, 3.8) is 0 Å². The highest BCUT2D eigenvalue weighted by atomic mass is 16.5. The molecule has 0 bridgehead atoms.